The summed E-state index contributed by atoms with van der Waals surface area (Å²) < 4.78 is 5.86. The Morgan fingerprint density at radius 3 is 2.79 bits per heavy atom. The van der Waals surface area contributed by atoms with Gasteiger partial charge in [0.05, 0.1) is 12.7 Å². The Balaban J connectivity index is 1.55. The van der Waals surface area contributed by atoms with Gasteiger partial charge in [0.2, 0.25) is 0 Å². The molecule has 2 atom stereocenters. The zero-order chi connectivity index (χ0) is 13.7. The molecule has 1 N–H and O–H groups in total. The van der Waals surface area contributed by atoms with Crippen LogP contribution in [-0.2, 0) is 4.74 Å². The first-order valence-corrected chi connectivity index (χ1v) is 8.17. The average molecular weight is 268 g/mol. The van der Waals surface area contributed by atoms with Crippen LogP contribution in [0, 0.1) is 0 Å². The van der Waals surface area contributed by atoms with Crippen molar-refractivity contribution < 1.29 is 4.74 Å². The van der Waals surface area contributed by atoms with Gasteiger partial charge < -0.3 is 10.1 Å². The molecule has 1 aliphatic carbocycles. The van der Waals surface area contributed by atoms with Crippen LogP contribution in [0.15, 0.2) is 0 Å². The van der Waals surface area contributed by atoms with Crippen LogP contribution in [0.2, 0.25) is 0 Å². The summed E-state index contributed by atoms with van der Waals surface area (Å²) in [6, 6.07) is 0.737. The summed E-state index contributed by atoms with van der Waals surface area (Å²) in [4.78, 5) is 2.69. The Bertz CT molecular complexity index is 262. The van der Waals surface area contributed by atoms with E-state index in [1.165, 1.54) is 45.1 Å². The summed E-state index contributed by atoms with van der Waals surface area (Å²) in [6.07, 6.45) is 8.55. The van der Waals surface area contributed by atoms with Crippen LogP contribution in [0.5, 0.6) is 0 Å². The van der Waals surface area contributed by atoms with Crippen molar-refractivity contribution in [2.45, 2.75) is 77.0 Å². The second-order valence-electron chi connectivity index (χ2n) is 7.18. The van der Waals surface area contributed by atoms with E-state index in [0.717, 1.165) is 25.7 Å². The van der Waals surface area contributed by atoms with Crippen molar-refractivity contribution >= 4 is 0 Å². The molecule has 2 fully saturated rings. The lowest BCUT2D eigenvalue weighted by molar-refractivity contribution is -0.0558. The lowest BCUT2D eigenvalue weighted by Crippen LogP contribution is -2.48. The van der Waals surface area contributed by atoms with Crippen LogP contribution in [0.4, 0.5) is 0 Å². The minimum Gasteiger partial charge on any atom is -0.375 e. The Kier molecular flexibility index (Phi) is 5.67. The molecule has 3 heteroatoms. The highest BCUT2D eigenvalue weighted by Crippen LogP contribution is 2.29. The average Bonchev–Trinajstić information content (AvgIpc) is 2.81. The third kappa shape index (κ3) is 5.05. The summed E-state index contributed by atoms with van der Waals surface area (Å²) in [5.74, 6) is 0. The van der Waals surface area contributed by atoms with E-state index in [2.05, 4.69) is 31.0 Å². The Labute approximate surface area is 119 Å². The number of nitrogens with zero attached hydrogens (tertiary/aromatic N) is 1. The molecule has 0 bridgehead atoms. The van der Waals surface area contributed by atoms with Crippen LogP contribution in [0.1, 0.15) is 59.3 Å². The van der Waals surface area contributed by atoms with E-state index in [1.807, 2.05) is 0 Å². The van der Waals surface area contributed by atoms with Gasteiger partial charge in [0.25, 0.3) is 0 Å². The fraction of sp³-hybridized carbons (Fsp3) is 1.00. The number of fused-ring (bicyclic) bond motifs is 1. The van der Waals surface area contributed by atoms with Crippen LogP contribution < -0.4 is 5.32 Å². The van der Waals surface area contributed by atoms with Gasteiger partial charge in [-0.05, 0) is 66.0 Å². The predicted octanol–water partition coefficient (Wildman–Crippen LogP) is 2.80. The van der Waals surface area contributed by atoms with Gasteiger partial charge >= 0.3 is 0 Å². The number of nitrogens with one attached hydrogen (secondary N) is 1. The van der Waals surface area contributed by atoms with Gasteiger partial charge in [0.15, 0.2) is 0 Å². The molecular formula is C16H32N2O. The molecule has 2 aliphatic rings. The van der Waals surface area contributed by atoms with Crippen molar-refractivity contribution in [2.24, 2.45) is 0 Å². The first kappa shape index (κ1) is 15.3. The van der Waals surface area contributed by atoms with E-state index in [0.29, 0.717) is 6.10 Å². The molecule has 2 rings (SSSR count). The second-order valence-corrected chi connectivity index (χ2v) is 7.18. The Hall–Kier alpha value is -0.120. The van der Waals surface area contributed by atoms with Gasteiger partial charge in [-0.1, -0.05) is 6.42 Å². The first-order chi connectivity index (χ1) is 9.06. The summed E-state index contributed by atoms with van der Waals surface area (Å²) in [5.41, 5.74) is 0.265. The van der Waals surface area contributed by atoms with E-state index in [9.17, 15) is 0 Å². The molecule has 112 valence electrons. The van der Waals surface area contributed by atoms with Crippen LogP contribution in [-0.4, -0.2) is 48.8 Å². The largest absolute Gasteiger partial charge is 0.375 e. The zero-order valence-corrected chi connectivity index (χ0v) is 13.1. The normalized spacial score (nSPS) is 28.6. The molecule has 1 aliphatic heterocycles. The Morgan fingerprint density at radius 1 is 1.16 bits per heavy atom. The molecule has 0 spiro atoms. The van der Waals surface area contributed by atoms with Crippen molar-refractivity contribution in [3.05, 3.63) is 0 Å². The summed E-state index contributed by atoms with van der Waals surface area (Å²) >= 11 is 0. The van der Waals surface area contributed by atoms with Crippen molar-refractivity contribution in [3.63, 3.8) is 0 Å². The van der Waals surface area contributed by atoms with E-state index in [4.69, 9.17) is 4.74 Å². The fourth-order valence-electron chi connectivity index (χ4n) is 3.36. The summed E-state index contributed by atoms with van der Waals surface area (Å²) in [5, 5.41) is 3.56. The summed E-state index contributed by atoms with van der Waals surface area (Å²) in [6.45, 7) is 11.2. The lowest BCUT2D eigenvalue weighted by Gasteiger charge is -2.37. The van der Waals surface area contributed by atoms with Gasteiger partial charge in [0.1, 0.15) is 0 Å². The third-order valence-electron chi connectivity index (χ3n) is 4.37. The topological polar surface area (TPSA) is 24.5 Å². The van der Waals surface area contributed by atoms with Crippen molar-refractivity contribution in [3.8, 4) is 0 Å². The highest BCUT2D eigenvalue weighted by molar-refractivity contribution is 4.89. The SMILES string of the molecule is CC(C)(C)NCCCCCN1CCOC2CCCC21. The fourth-order valence-corrected chi connectivity index (χ4v) is 3.36. The molecule has 1 saturated heterocycles. The summed E-state index contributed by atoms with van der Waals surface area (Å²) in [7, 11) is 0. The lowest BCUT2D eigenvalue weighted by atomic mass is 10.1. The van der Waals surface area contributed by atoms with Gasteiger partial charge in [-0.2, -0.15) is 0 Å². The molecule has 0 amide bonds. The molecule has 19 heavy (non-hydrogen) atoms. The monoisotopic (exact) mass is 268 g/mol. The van der Waals surface area contributed by atoms with Crippen molar-refractivity contribution in [2.75, 3.05) is 26.2 Å². The minimum atomic E-state index is 0.265. The molecule has 1 heterocycles. The smallest absolute Gasteiger partial charge is 0.0730 e. The molecule has 2 unspecified atom stereocenters. The molecule has 0 aromatic rings. The highest BCUT2D eigenvalue weighted by atomic mass is 16.5. The van der Waals surface area contributed by atoms with Gasteiger partial charge in [-0.3, -0.25) is 4.90 Å². The number of hydrogen-bond donors (Lipinski definition) is 1. The predicted molar refractivity (Wildman–Crippen MR) is 80.6 cm³/mol. The number of ether oxygens (including phenoxy) is 1. The quantitative estimate of drug-likeness (QED) is 0.750. The molecule has 0 radical (unpaired) electrons. The highest BCUT2D eigenvalue weighted by Gasteiger charge is 2.35. The molecular weight excluding hydrogens is 236 g/mol. The Morgan fingerprint density at radius 2 is 2.00 bits per heavy atom. The van der Waals surface area contributed by atoms with Crippen molar-refractivity contribution in [1.29, 1.82) is 0 Å². The van der Waals surface area contributed by atoms with E-state index < -0.39 is 0 Å². The number of unbranched alkanes of at least 4 members (excludes halogenated alkanes) is 2. The van der Waals surface area contributed by atoms with Gasteiger partial charge in [0, 0.05) is 18.1 Å². The second kappa shape index (κ2) is 7.05. The van der Waals surface area contributed by atoms with Crippen LogP contribution in [0.3, 0.4) is 0 Å². The number of rotatable bonds is 6. The maximum absolute atomic E-state index is 5.86. The van der Waals surface area contributed by atoms with Gasteiger partial charge in [-0.15, -0.1) is 0 Å². The maximum atomic E-state index is 5.86. The van der Waals surface area contributed by atoms with Crippen molar-refractivity contribution in [1.82, 2.24) is 10.2 Å². The van der Waals surface area contributed by atoms with Crippen LogP contribution >= 0.6 is 0 Å². The maximum Gasteiger partial charge on any atom is 0.0730 e. The minimum absolute atomic E-state index is 0.265. The van der Waals surface area contributed by atoms with Crippen LogP contribution in [0.25, 0.3) is 0 Å². The first-order valence-electron chi connectivity index (χ1n) is 8.17. The number of morpholine rings is 1. The van der Waals surface area contributed by atoms with E-state index in [1.54, 1.807) is 0 Å². The van der Waals surface area contributed by atoms with E-state index in [-0.39, 0.29) is 5.54 Å². The third-order valence-corrected chi connectivity index (χ3v) is 4.37. The van der Waals surface area contributed by atoms with E-state index >= 15 is 0 Å². The molecule has 0 aromatic carbocycles. The van der Waals surface area contributed by atoms with Gasteiger partial charge in [-0.25, -0.2) is 0 Å². The zero-order valence-electron chi connectivity index (χ0n) is 13.1. The molecule has 0 aromatic heterocycles. The number of hydrogen-bond acceptors (Lipinski definition) is 3. The standard InChI is InChI=1S/C16H32N2O/c1-16(2,3)17-10-5-4-6-11-18-12-13-19-15-9-7-8-14(15)18/h14-15,17H,4-13H2,1-3H3. The molecule has 3 nitrogen and oxygen atoms in total. The molecule has 1 saturated carbocycles.